The van der Waals surface area contributed by atoms with Crippen LogP contribution in [0.2, 0.25) is 0 Å². The fourth-order valence-corrected chi connectivity index (χ4v) is 4.31. The maximum absolute atomic E-state index is 13.7. The molecule has 4 amide bonds. The van der Waals surface area contributed by atoms with Gasteiger partial charge in [-0.1, -0.05) is 0 Å². The fraction of sp³-hybridized carbons (Fsp3) is 0.346. The standard InChI is InChI=1S/C26H33N13O6/c27-18(1-14-5-28-10-33-14)23(42)37-20(3-16-7-30-12-35-16)25(44)39-21(4-17-8-31-13-36-17)26(45)38-19(2-15-6-29-11-34-15)24(43)32-9-22(40)41/h5-8,10-13,18-21H,1-4,9,27H2,(H,28,33)(H,29,34)(H,30,35)(H,31,36)(H,32,43)(H,37,42)(H,38,45)(H,39,44)(H,40,41)/t18-,19-,20-,21-/m0/s1. The number of nitrogens with zero attached hydrogens (tertiary/aromatic N) is 4. The molecule has 0 radical (unpaired) electrons. The number of carboxylic acids is 1. The molecule has 4 heterocycles. The summed E-state index contributed by atoms with van der Waals surface area (Å²) in [6, 6.07) is -4.67. The molecule has 4 aromatic heterocycles. The van der Waals surface area contributed by atoms with E-state index in [0.29, 0.717) is 22.8 Å². The Hall–Kier alpha value is -5.85. The molecule has 4 atom stereocenters. The van der Waals surface area contributed by atoms with Crippen LogP contribution >= 0.6 is 0 Å². The van der Waals surface area contributed by atoms with E-state index < -0.39 is 60.3 Å². The number of amides is 4. The van der Waals surface area contributed by atoms with Gasteiger partial charge < -0.3 is 52.0 Å². The summed E-state index contributed by atoms with van der Waals surface area (Å²) < 4.78 is 0. The van der Waals surface area contributed by atoms with Gasteiger partial charge >= 0.3 is 5.97 Å². The third-order valence-corrected chi connectivity index (χ3v) is 6.58. The predicted molar refractivity (Wildman–Crippen MR) is 154 cm³/mol. The Morgan fingerprint density at radius 1 is 0.600 bits per heavy atom. The van der Waals surface area contributed by atoms with Crippen molar-refractivity contribution in [2.24, 2.45) is 5.73 Å². The third kappa shape index (κ3) is 9.85. The Bertz CT molecular complexity index is 1520. The molecule has 0 saturated carbocycles. The molecule has 0 fully saturated rings. The van der Waals surface area contributed by atoms with Crippen molar-refractivity contribution in [2.45, 2.75) is 49.9 Å². The lowest BCUT2D eigenvalue weighted by Gasteiger charge is -2.25. The van der Waals surface area contributed by atoms with E-state index in [-0.39, 0.29) is 25.7 Å². The van der Waals surface area contributed by atoms with E-state index in [1.165, 1.54) is 50.1 Å². The number of carbonyl (C=O) groups is 5. The van der Waals surface area contributed by atoms with Gasteiger partial charge in [0.2, 0.25) is 23.6 Å². The van der Waals surface area contributed by atoms with Crippen molar-refractivity contribution < 1.29 is 29.1 Å². The number of hydrogen-bond acceptors (Lipinski definition) is 10. The number of rotatable bonds is 17. The number of aromatic amines is 4. The second-order valence-electron chi connectivity index (χ2n) is 10.0. The molecule has 4 rings (SSSR count). The molecule has 4 aromatic rings. The summed E-state index contributed by atoms with van der Waals surface area (Å²) in [5.74, 6) is -4.12. The molecular weight excluding hydrogens is 590 g/mol. The molecule has 19 heteroatoms. The Kier molecular flexibility index (Phi) is 11.1. The third-order valence-electron chi connectivity index (χ3n) is 6.58. The highest BCUT2D eigenvalue weighted by Crippen LogP contribution is 2.06. The van der Waals surface area contributed by atoms with Gasteiger partial charge in [-0.2, -0.15) is 0 Å². The Morgan fingerprint density at radius 3 is 1.31 bits per heavy atom. The van der Waals surface area contributed by atoms with Crippen LogP contribution in [0.3, 0.4) is 0 Å². The molecule has 0 spiro atoms. The van der Waals surface area contributed by atoms with Crippen LogP contribution < -0.4 is 27.0 Å². The summed E-state index contributed by atoms with van der Waals surface area (Å²) in [6.45, 7) is -0.667. The summed E-state index contributed by atoms with van der Waals surface area (Å²) in [6.07, 6.45) is 11.6. The molecule has 238 valence electrons. The van der Waals surface area contributed by atoms with Gasteiger partial charge in [-0.25, -0.2) is 19.9 Å². The minimum atomic E-state index is -1.27. The Morgan fingerprint density at radius 2 is 0.956 bits per heavy atom. The van der Waals surface area contributed by atoms with Crippen LogP contribution in [-0.4, -0.2) is 105 Å². The van der Waals surface area contributed by atoms with Crippen molar-refractivity contribution in [1.29, 1.82) is 0 Å². The smallest absolute Gasteiger partial charge is 0.322 e. The average Bonchev–Trinajstić information content (AvgIpc) is 3.84. The first-order valence-corrected chi connectivity index (χ1v) is 13.7. The number of H-pyrrole nitrogens is 4. The maximum atomic E-state index is 13.7. The van der Waals surface area contributed by atoms with E-state index in [1.807, 2.05) is 0 Å². The van der Waals surface area contributed by atoms with Crippen molar-refractivity contribution in [3.8, 4) is 0 Å². The molecular formula is C26H33N13O6. The van der Waals surface area contributed by atoms with Crippen LogP contribution in [0, 0.1) is 0 Å². The molecule has 0 bridgehead atoms. The summed E-state index contributed by atoms with van der Waals surface area (Å²) in [5, 5.41) is 19.1. The highest BCUT2D eigenvalue weighted by atomic mass is 16.4. The summed E-state index contributed by atoms with van der Waals surface area (Å²) in [4.78, 5) is 91.3. The molecule has 0 aliphatic heterocycles. The molecule has 19 nitrogen and oxygen atoms in total. The second kappa shape index (κ2) is 15.6. The largest absolute Gasteiger partial charge is 0.480 e. The van der Waals surface area contributed by atoms with Crippen LogP contribution in [0.15, 0.2) is 50.1 Å². The van der Waals surface area contributed by atoms with Crippen LogP contribution in [0.25, 0.3) is 0 Å². The summed E-state index contributed by atoms with van der Waals surface area (Å²) >= 11 is 0. The summed E-state index contributed by atoms with van der Waals surface area (Å²) in [7, 11) is 0. The highest BCUT2D eigenvalue weighted by molar-refractivity contribution is 5.95. The van der Waals surface area contributed by atoms with E-state index in [4.69, 9.17) is 10.8 Å². The fourth-order valence-electron chi connectivity index (χ4n) is 4.31. The number of carbonyl (C=O) groups excluding carboxylic acids is 4. The second-order valence-corrected chi connectivity index (χ2v) is 10.0. The average molecular weight is 624 g/mol. The Balaban J connectivity index is 1.51. The van der Waals surface area contributed by atoms with Crippen molar-refractivity contribution in [3.63, 3.8) is 0 Å². The lowest BCUT2D eigenvalue weighted by molar-refractivity contribution is -0.138. The van der Waals surface area contributed by atoms with E-state index >= 15 is 0 Å². The molecule has 11 N–H and O–H groups in total. The zero-order chi connectivity index (χ0) is 32.2. The minimum absolute atomic E-state index is 0.00715. The molecule has 0 saturated heterocycles. The number of carboxylic acid groups (broad SMARTS) is 1. The number of imidazole rings is 4. The normalized spacial score (nSPS) is 13.6. The van der Waals surface area contributed by atoms with Gasteiger partial charge in [0.05, 0.1) is 31.4 Å². The van der Waals surface area contributed by atoms with Gasteiger partial charge in [0.25, 0.3) is 0 Å². The quantitative estimate of drug-likeness (QED) is 0.0559. The molecule has 0 aromatic carbocycles. The van der Waals surface area contributed by atoms with Crippen LogP contribution in [0.4, 0.5) is 0 Å². The predicted octanol–water partition coefficient (Wildman–Crippen LogP) is -3.17. The SMILES string of the molecule is N[C@@H](Cc1cnc[nH]1)C(=O)N[C@@H](Cc1cnc[nH]1)C(=O)N[C@@H](Cc1cnc[nH]1)C(=O)N[C@@H](Cc1cnc[nH]1)C(=O)NCC(=O)O. The van der Waals surface area contributed by atoms with Gasteiger partial charge in [0.15, 0.2) is 0 Å². The van der Waals surface area contributed by atoms with Gasteiger partial charge in [0, 0.05) is 73.2 Å². The van der Waals surface area contributed by atoms with Crippen molar-refractivity contribution in [2.75, 3.05) is 6.54 Å². The lowest BCUT2D eigenvalue weighted by atomic mass is 10.1. The van der Waals surface area contributed by atoms with Gasteiger partial charge in [-0.3, -0.25) is 24.0 Å². The molecule has 0 aliphatic carbocycles. The molecule has 45 heavy (non-hydrogen) atoms. The number of aliphatic carboxylic acids is 1. The molecule has 0 unspecified atom stereocenters. The maximum Gasteiger partial charge on any atom is 0.322 e. The van der Waals surface area contributed by atoms with E-state index in [0.717, 1.165) is 0 Å². The van der Waals surface area contributed by atoms with E-state index in [9.17, 15) is 24.0 Å². The van der Waals surface area contributed by atoms with Crippen molar-refractivity contribution >= 4 is 29.6 Å². The van der Waals surface area contributed by atoms with Crippen LogP contribution in [0.1, 0.15) is 22.8 Å². The first kappa shape index (κ1) is 32.1. The zero-order valence-electron chi connectivity index (χ0n) is 23.8. The number of hydrogen-bond donors (Lipinski definition) is 10. The first-order chi connectivity index (χ1) is 21.7. The van der Waals surface area contributed by atoms with Gasteiger partial charge in [-0.15, -0.1) is 0 Å². The van der Waals surface area contributed by atoms with E-state index in [1.54, 1.807) is 0 Å². The van der Waals surface area contributed by atoms with Gasteiger partial charge in [0.1, 0.15) is 24.7 Å². The number of nitrogens with two attached hydrogens (primary N) is 1. The van der Waals surface area contributed by atoms with Crippen molar-refractivity contribution in [3.05, 3.63) is 72.9 Å². The zero-order valence-corrected chi connectivity index (χ0v) is 23.8. The topological polar surface area (TPSA) is 294 Å². The number of aromatic nitrogens is 8. The van der Waals surface area contributed by atoms with Crippen LogP contribution in [-0.2, 0) is 49.7 Å². The van der Waals surface area contributed by atoms with Gasteiger partial charge in [-0.05, 0) is 0 Å². The monoisotopic (exact) mass is 623 g/mol. The lowest BCUT2D eigenvalue weighted by Crippen LogP contribution is -2.59. The highest BCUT2D eigenvalue weighted by Gasteiger charge is 2.32. The number of nitrogens with one attached hydrogen (secondary N) is 8. The first-order valence-electron chi connectivity index (χ1n) is 13.7. The Labute approximate surface area is 255 Å². The minimum Gasteiger partial charge on any atom is -0.480 e. The van der Waals surface area contributed by atoms with Crippen molar-refractivity contribution in [1.82, 2.24) is 61.1 Å². The summed E-state index contributed by atoms with van der Waals surface area (Å²) in [5.41, 5.74) is 8.23. The van der Waals surface area contributed by atoms with Crippen LogP contribution in [0.5, 0.6) is 0 Å². The molecule has 0 aliphatic rings. The van der Waals surface area contributed by atoms with E-state index in [2.05, 4.69) is 61.1 Å².